The second kappa shape index (κ2) is 22.2. The van der Waals surface area contributed by atoms with Crippen molar-refractivity contribution < 1.29 is 19.4 Å². The van der Waals surface area contributed by atoms with Gasteiger partial charge < -0.3 is 25.0 Å². The van der Waals surface area contributed by atoms with Crippen LogP contribution < -0.4 is 10.9 Å². The van der Waals surface area contributed by atoms with Gasteiger partial charge in [0.05, 0.1) is 73.7 Å². The largest absolute Gasteiger partial charge is 0.391 e. The van der Waals surface area contributed by atoms with Gasteiger partial charge in [-0.1, -0.05) is 99.3 Å². The summed E-state index contributed by atoms with van der Waals surface area (Å²) in [5.74, 6) is 1.72. The third-order valence-corrected chi connectivity index (χ3v) is 20.1. The minimum Gasteiger partial charge on any atom is -0.391 e. The van der Waals surface area contributed by atoms with Crippen LogP contribution in [0.2, 0.25) is 5.02 Å². The van der Waals surface area contributed by atoms with Crippen molar-refractivity contribution in [3.63, 3.8) is 0 Å². The molecule has 2 N–H and O–H groups in total. The standard InChI is InChI=1S/C62H77ClN10O5S/c1-38-55(79-39(2)64-38)44-18-16-42(17-19-44)49(36-70-28-30-78-31-29-70)65-57(75)53-33-46(74)35-71(53)59(77)56(61(3,4)5)72-37-50(67-68-72)43-14-12-40(13-15-43)34-69-26-22-41(23-27-69)45-20-21-47-52(32-45)73-51-11-9-10-48(63)54(51)58(76)66-60(73)62(47)24-7-6-8-25-62/h9-11,16-21,32,37,40-41,43,46,49,53,56,74H,6-8,12-15,22-31,33-36H2,1-5H3,(H,65,75)/t40?,43?,46-,49+,53+,56-/m1/s1. The molecule has 0 bridgehead atoms. The van der Waals surface area contributed by atoms with Gasteiger partial charge in [-0.3, -0.25) is 23.9 Å². The zero-order chi connectivity index (χ0) is 54.7. The van der Waals surface area contributed by atoms with E-state index in [4.69, 9.17) is 26.4 Å². The molecule has 4 aliphatic heterocycles. The zero-order valence-electron chi connectivity index (χ0n) is 46.6. The van der Waals surface area contributed by atoms with Crippen LogP contribution in [0.15, 0.2) is 71.7 Å². The third-order valence-electron chi connectivity index (χ3n) is 18.7. The summed E-state index contributed by atoms with van der Waals surface area (Å²) in [6.07, 6.45) is 13.3. The molecule has 15 nitrogen and oxygen atoms in total. The van der Waals surface area contributed by atoms with Crippen LogP contribution in [0.3, 0.4) is 0 Å². The number of amides is 2. The molecule has 0 unspecified atom stereocenters. The predicted molar refractivity (Wildman–Crippen MR) is 309 cm³/mol. The van der Waals surface area contributed by atoms with Gasteiger partial charge in [0, 0.05) is 51.3 Å². The third kappa shape index (κ3) is 10.6. The van der Waals surface area contributed by atoms with Gasteiger partial charge >= 0.3 is 0 Å². The van der Waals surface area contributed by atoms with E-state index in [1.54, 1.807) is 27.0 Å². The average molecular weight is 1110 g/mol. The molecule has 1 spiro atoms. The van der Waals surface area contributed by atoms with Gasteiger partial charge in [0.2, 0.25) is 11.8 Å². The molecule has 4 atom stereocenters. The van der Waals surface area contributed by atoms with Crippen molar-refractivity contribution in [2.45, 2.75) is 153 Å². The summed E-state index contributed by atoms with van der Waals surface area (Å²) in [4.78, 5) is 60.2. The molecule has 3 aromatic heterocycles. The Morgan fingerprint density at radius 1 is 0.899 bits per heavy atom. The number of nitrogens with zero attached hydrogens (tertiary/aromatic N) is 9. The number of carbonyl (C=O) groups excluding carboxylic acids is 2. The Balaban J connectivity index is 0.677. The number of aliphatic hydroxyl groups is 1. The summed E-state index contributed by atoms with van der Waals surface area (Å²) in [6.45, 7) is 16.8. The molecule has 2 amide bonds. The summed E-state index contributed by atoms with van der Waals surface area (Å²) in [7, 11) is 0. The highest BCUT2D eigenvalue weighted by atomic mass is 35.5. The number of morpholine rings is 1. The lowest BCUT2D eigenvalue weighted by Crippen LogP contribution is -2.52. The molecule has 3 saturated heterocycles. The highest BCUT2D eigenvalue weighted by Gasteiger charge is 2.48. The van der Waals surface area contributed by atoms with Crippen LogP contribution in [0.25, 0.3) is 27.0 Å². The van der Waals surface area contributed by atoms with Gasteiger partial charge in [-0.15, -0.1) is 16.4 Å². The fraction of sp³-hybridized carbons (Fsp3) is 0.565. The number of aliphatic hydroxyl groups excluding tert-OH is 1. The molecule has 6 aliphatic rings. The number of aryl methyl sites for hydroxylation is 2. The summed E-state index contributed by atoms with van der Waals surface area (Å²) < 4.78 is 9.66. The molecule has 17 heteroatoms. The topological polar surface area (TPSA) is 164 Å². The minimum absolute atomic E-state index is 0.0720. The molecule has 12 rings (SSSR count). The van der Waals surface area contributed by atoms with Gasteiger partial charge in [-0.05, 0) is 136 Å². The molecule has 3 aromatic carbocycles. The number of thiazole rings is 1. The molecule has 79 heavy (non-hydrogen) atoms. The first-order chi connectivity index (χ1) is 38.1. The SMILES string of the molecule is Cc1nc(C)c(-c2ccc([C@H](CN3CCOCC3)NC(=O)[C@@H]3C[C@@H](O)CN3C(=O)[C@@H](n3cc(C4CCC(CN5CCC(c6ccc7c(c6)-n6c(nc(=O)c8c(Cl)cccc86)C76CCCCC6)CC5)CC4)nn3)C(C)(C)C)cc2)s1. The van der Waals surface area contributed by atoms with E-state index in [-0.39, 0.29) is 47.7 Å². The van der Waals surface area contributed by atoms with E-state index < -0.39 is 23.6 Å². The fourth-order valence-electron chi connectivity index (χ4n) is 14.6. The van der Waals surface area contributed by atoms with Gasteiger partial charge in [0.15, 0.2) is 0 Å². The number of piperidine rings is 1. The molecule has 6 aromatic rings. The van der Waals surface area contributed by atoms with Crippen LogP contribution in [-0.4, -0.2) is 132 Å². The van der Waals surface area contributed by atoms with Crippen molar-refractivity contribution in [3.05, 3.63) is 121 Å². The number of fused-ring (bicyclic) bond motifs is 7. The Labute approximate surface area is 473 Å². The Morgan fingerprint density at radius 3 is 2.35 bits per heavy atom. The smallest absolute Gasteiger partial charge is 0.282 e. The van der Waals surface area contributed by atoms with E-state index in [0.717, 1.165) is 141 Å². The highest BCUT2D eigenvalue weighted by molar-refractivity contribution is 7.15. The highest BCUT2D eigenvalue weighted by Crippen LogP contribution is 2.52. The average Bonchev–Trinajstić information content (AvgIpc) is 3.84. The summed E-state index contributed by atoms with van der Waals surface area (Å²) in [5.41, 5.74) is 7.68. The quantitative estimate of drug-likeness (QED) is 0.120. The van der Waals surface area contributed by atoms with Gasteiger partial charge in [0.25, 0.3) is 5.56 Å². The maximum absolute atomic E-state index is 15.0. The molecule has 0 radical (unpaired) electrons. The molecule has 5 fully saturated rings. The molecule has 2 aliphatic carbocycles. The van der Waals surface area contributed by atoms with Gasteiger partial charge in [-0.2, -0.15) is 4.98 Å². The summed E-state index contributed by atoms with van der Waals surface area (Å²) >= 11 is 8.34. The van der Waals surface area contributed by atoms with Crippen molar-refractivity contribution in [3.8, 4) is 16.1 Å². The Hall–Kier alpha value is -5.36. The number of ether oxygens (including phenoxy) is 1. The van der Waals surface area contributed by atoms with E-state index in [1.807, 2.05) is 52.9 Å². The molecule has 7 heterocycles. The van der Waals surface area contributed by atoms with Crippen molar-refractivity contribution in [2.75, 3.05) is 59.0 Å². The lowest BCUT2D eigenvalue weighted by atomic mass is 9.69. The number of hydrogen-bond donors (Lipinski definition) is 2. The van der Waals surface area contributed by atoms with Gasteiger partial charge in [-0.25, -0.2) is 9.67 Å². The van der Waals surface area contributed by atoms with E-state index in [9.17, 15) is 19.5 Å². The number of halogens is 1. The van der Waals surface area contributed by atoms with Crippen LogP contribution in [-0.2, 0) is 19.7 Å². The fourth-order valence-corrected chi connectivity index (χ4v) is 15.7. The van der Waals surface area contributed by atoms with Crippen LogP contribution in [0.5, 0.6) is 0 Å². The second-order valence-electron chi connectivity index (χ2n) is 25.0. The number of β-amino-alcohol motifs (C(OH)–C–C–N with tert-alkyl or cyclic N) is 1. The number of carbonyl (C=O) groups is 2. The number of aromatic nitrogens is 6. The molecule has 2 saturated carbocycles. The van der Waals surface area contributed by atoms with Crippen molar-refractivity contribution in [2.24, 2.45) is 11.3 Å². The number of likely N-dealkylation sites (tertiary alicyclic amines) is 2. The van der Waals surface area contributed by atoms with E-state index in [2.05, 4.69) is 72.3 Å². The number of hydrogen-bond acceptors (Lipinski definition) is 12. The van der Waals surface area contributed by atoms with E-state index in [1.165, 1.54) is 23.2 Å². The summed E-state index contributed by atoms with van der Waals surface area (Å²) in [5, 5.41) is 25.9. The number of rotatable bonds is 12. The second-order valence-corrected chi connectivity index (χ2v) is 26.6. The van der Waals surface area contributed by atoms with Gasteiger partial charge in [0.1, 0.15) is 17.9 Å². The maximum Gasteiger partial charge on any atom is 0.282 e. The number of nitrogens with one attached hydrogen (secondary N) is 1. The Morgan fingerprint density at radius 2 is 1.65 bits per heavy atom. The maximum atomic E-state index is 15.0. The lowest BCUT2D eigenvalue weighted by Gasteiger charge is -2.37. The minimum atomic E-state index is -0.842. The molecule has 418 valence electrons. The number of benzene rings is 3. The van der Waals surface area contributed by atoms with Crippen LogP contribution in [0, 0.1) is 25.2 Å². The first kappa shape index (κ1) is 54.2. The Kier molecular flexibility index (Phi) is 15.2. The monoisotopic (exact) mass is 1110 g/mol. The van der Waals surface area contributed by atoms with Crippen LogP contribution in [0.1, 0.15) is 161 Å². The molecular weight excluding hydrogens is 1030 g/mol. The molecular formula is C62H77ClN10O5S. The Bertz CT molecular complexity index is 3270. The predicted octanol–water partition coefficient (Wildman–Crippen LogP) is 9.83. The van der Waals surface area contributed by atoms with Crippen molar-refractivity contribution >= 4 is 45.7 Å². The van der Waals surface area contributed by atoms with Crippen LogP contribution in [0.4, 0.5) is 0 Å². The summed E-state index contributed by atoms with van der Waals surface area (Å²) in [6, 6.07) is 19.4. The van der Waals surface area contributed by atoms with Crippen LogP contribution >= 0.6 is 22.9 Å². The first-order valence-electron chi connectivity index (χ1n) is 29.3. The van der Waals surface area contributed by atoms with Crippen molar-refractivity contribution in [1.29, 1.82) is 0 Å². The van der Waals surface area contributed by atoms with Crippen molar-refractivity contribution in [1.82, 2.24) is 49.5 Å². The van der Waals surface area contributed by atoms with E-state index in [0.29, 0.717) is 42.0 Å². The lowest BCUT2D eigenvalue weighted by molar-refractivity contribution is -0.144. The normalized spacial score (nSPS) is 23.7. The van der Waals surface area contributed by atoms with E-state index >= 15 is 0 Å². The first-order valence-corrected chi connectivity index (χ1v) is 30.5. The zero-order valence-corrected chi connectivity index (χ0v) is 48.2.